The van der Waals surface area contributed by atoms with Crippen LogP contribution in [0, 0.1) is 0 Å². The summed E-state index contributed by atoms with van der Waals surface area (Å²) >= 11 is 1.39. The van der Waals surface area contributed by atoms with E-state index in [4.69, 9.17) is 9.47 Å². The maximum Gasteiger partial charge on any atom is 0.339 e. The lowest BCUT2D eigenvalue weighted by molar-refractivity contribution is 0.0481. The van der Waals surface area contributed by atoms with Crippen molar-refractivity contribution in [3.8, 4) is 0 Å². The molecule has 25 heavy (non-hydrogen) atoms. The summed E-state index contributed by atoms with van der Waals surface area (Å²) in [4.78, 5) is 37.8. The van der Waals surface area contributed by atoms with Crippen molar-refractivity contribution in [1.82, 2.24) is 0 Å². The molecule has 0 fully saturated rings. The number of esters is 2. The average Bonchev–Trinajstić information content (AvgIpc) is 2.61. The molecular weight excluding hydrogens is 340 g/mol. The third kappa shape index (κ3) is 3.00. The van der Waals surface area contributed by atoms with Crippen molar-refractivity contribution in [2.45, 2.75) is 13.8 Å². The van der Waals surface area contributed by atoms with Gasteiger partial charge in [0, 0.05) is 14.8 Å². The van der Waals surface area contributed by atoms with Crippen LogP contribution in [0.4, 0.5) is 0 Å². The Morgan fingerprint density at radius 1 is 0.920 bits per heavy atom. The van der Waals surface area contributed by atoms with Gasteiger partial charge in [-0.25, -0.2) is 9.59 Å². The van der Waals surface area contributed by atoms with E-state index in [1.807, 2.05) is 12.1 Å². The monoisotopic (exact) mass is 356 g/mol. The predicted molar refractivity (Wildman–Crippen MR) is 97.5 cm³/mol. The van der Waals surface area contributed by atoms with E-state index in [0.29, 0.717) is 10.1 Å². The van der Waals surface area contributed by atoms with E-state index >= 15 is 0 Å². The van der Waals surface area contributed by atoms with Crippen LogP contribution in [0.15, 0.2) is 41.2 Å². The smallest absolute Gasteiger partial charge is 0.339 e. The molecule has 0 aliphatic carbocycles. The molecule has 1 aromatic heterocycles. The zero-order valence-electron chi connectivity index (χ0n) is 13.8. The van der Waals surface area contributed by atoms with E-state index in [9.17, 15) is 14.4 Å². The molecule has 2 aromatic carbocycles. The molecule has 128 valence electrons. The first kappa shape index (κ1) is 17.1. The fourth-order valence-corrected chi connectivity index (χ4v) is 3.77. The minimum Gasteiger partial charge on any atom is -0.462 e. The number of rotatable bonds is 4. The standard InChI is InChI=1S/C19H16O5S/c1-3-23-18(21)12-9-10-14-16(15(12)19(22)24-4-2)17(20)11-7-5-6-8-13(11)25-14/h5-10H,3-4H2,1-2H3. The second-order valence-electron chi connectivity index (χ2n) is 5.23. The summed E-state index contributed by atoms with van der Waals surface area (Å²) < 4.78 is 11.6. The molecule has 5 nitrogen and oxygen atoms in total. The molecule has 0 saturated heterocycles. The largest absolute Gasteiger partial charge is 0.462 e. The van der Waals surface area contributed by atoms with Gasteiger partial charge in [0.2, 0.25) is 0 Å². The number of ether oxygens (including phenoxy) is 2. The normalized spacial score (nSPS) is 10.8. The summed E-state index contributed by atoms with van der Waals surface area (Å²) in [6, 6.07) is 10.4. The van der Waals surface area contributed by atoms with Crippen LogP contribution < -0.4 is 5.43 Å². The average molecular weight is 356 g/mol. The van der Waals surface area contributed by atoms with Gasteiger partial charge >= 0.3 is 11.9 Å². The lowest BCUT2D eigenvalue weighted by atomic mass is 10.0. The summed E-state index contributed by atoms with van der Waals surface area (Å²) in [7, 11) is 0. The quantitative estimate of drug-likeness (QED) is 0.526. The number of hydrogen-bond acceptors (Lipinski definition) is 6. The first-order valence-corrected chi connectivity index (χ1v) is 8.72. The highest BCUT2D eigenvalue weighted by Gasteiger charge is 2.24. The van der Waals surface area contributed by atoms with Crippen LogP contribution >= 0.6 is 11.3 Å². The maximum absolute atomic E-state index is 13.0. The summed E-state index contributed by atoms with van der Waals surface area (Å²) in [5, 5.41) is 0.708. The number of carbonyl (C=O) groups is 2. The van der Waals surface area contributed by atoms with E-state index in [1.54, 1.807) is 32.0 Å². The second kappa shape index (κ2) is 7.03. The molecule has 0 spiro atoms. The van der Waals surface area contributed by atoms with Crippen molar-refractivity contribution in [3.05, 3.63) is 57.7 Å². The third-order valence-electron chi connectivity index (χ3n) is 3.72. The number of hydrogen-bond donors (Lipinski definition) is 0. The zero-order valence-corrected chi connectivity index (χ0v) is 14.6. The first-order chi connectivity index (χ1) is 12.1. The fourth-order valence-electron chi connectivity index (χ4n) is 2.68. The van der Waals surface area contributed by atoms with Gasteiger partial charge < -0.3 is 9.47 Å². The van der Waals surface area contributed by atoms with Crippen LogP contribution in [-0.2, 0) is 9.47 Å². The van der Waals surface area contributed by atoms with Crippen molar-refractivity contribution < 1.29 is 19.1 Å². The molecule has 0 radical (unpaired) electrons. The second-order valence-corrected chi connectivity index (χ2v) is 6.31. The molecule has 0 aliphatic rings. The van der Waals surface area contributed by atoms with Gasteiger partial charge in [0.25, 0.3) is 0 Å². The fraction of sp³-hybridized carbons (Fsp3) is 0.211. The lowest BCUT2D eigenvalue weighted by Crippen LogP contribution is -2.17. The highest BCUT2D eigenvalue weighted by Crippen LogP contribution is 2.29. The summed E-state index contributed by atoms with van der Waals surface area (Å²) in [6.07, 6.45) is 0. The molecule has 0 saturated carbocycles. The van der Waals surface area contributed by atoms with Gasteiger partial charge in [0.1, 0.15) is 0 Å². The topological polar surface area (TPSA) is 69.7 Å². The van der Waals surface area contributed by atoms with Crippen molar-refractivity contribution >= 4 is 43.4 Å². The Labute approximate surface area is 147 Å². The molecule has 0 amide bonds. The van der Waals surface area contributed by atoms with Gasteiger partial charge in [0.05, 0.1) is 29.7 Å². The molecule has 1 heterocycles. The molecular formula is C19H16O5S. The predicted octanol–water partition coefficient (Wildman–Crippen LogP) is 3.77. The molecule has 0 atom stereocenters. The summed E-state index contributed by atoms with van der Waals surface area (Å²) in [6.45, 7) is 3.66. The Kier molecular flexibility index (Phi) is 4.81. The Balaban J connectivity index is 2.42. The Hall–Kier alpha value is -2.73. The number of benzene rings is 2. The minimum absolute atomic E-state index is 0.0233. The van der Waals surface area contributed by atoms with E-state index in [-0.39, 0.29) is 35.2 Å². The molecule has 0 aliphatic heterocycles. The highest BCUT2D eigenvalue weighted by atomic mass is 32.1. The molecule has 3 rings (SSSR count). The van der Waals surface area contributed by atoms with Gasteiger partial charge in [-0.15, -0.1) is 11.3 Å². The zero-order chi connectivity index (χ0) is 18.0. The SMILES string of the molecule is CCOC(=O)c1ccc2sc3ccccc3c(=O)c2c1C(=O)OCC. The molecule has 0 bridgehead atoms. The van der Waals surface area contributed by atoms with Crippen molar-refractivity contribution in [1.29, 1.82) is 0 Å². The maximum atomic E-state index is 13.0. The van der Waals surface area contributed by atoms with Crippen molar-refractivity contribution in [2.24, 2.45) is 0 Å². The highest BCUT2D eigenvalue weighted by molar-refractivity contribution is 7.24. The van der Waals surface area contributed by atoms with Crippen LogP contribution in [0.25, 0.3) is 20.2 Å². The summed E-state index contributed by atoms with van der Waals surface area (Å²) in [5.74, 6) is -1.35. The van der Waals surface area contributed by atoms with E-state index < -0.39 is 11.9 Å². The van der Waals surface area contributed by atoms with Gasteiger partial charge in [-0.2, -0.15) is 0 Å². The number of fused-ring (bicyclic) bond motifs is 2. The Bertz CT molecular complexity index is 1040. The van der Waals surface area contributed by atoms with E-state index in [0.717, 1.165) is 4.70 Å². The lowest BCUT2D eigenvalue weighted by Gasteiger charge is -2.11. The summed E-state index contributed by atoms with van der Waals surface area (Å²) in [5.41, 5.74) is -0.268. The van der Waals surface area contributed by atoms with Gasteiger partial charge in [-0.1, -0.05) is 12.1 Å². The Morgan fingerprint density at radius 3 is 2.32 bits per heavy atom. The van der Waals surface area contributed by atoms with Crippen LogP contribution in [0.3, 0.4) is 0 Å². The molecule has 0 N–H and O–H groups in total. The van der Waals surface area contributed by atoms with Crippen molar-refractivity contribution in [2.75, 3.05) is 13.2 Å². The van der Waals surface area contributed by atoms with Gasteiger partial charge in [-0.3, -0.25) is 4.79 Å². The minimum atomic E-state index is -0.698. The third-order valence-corrected chi connectivity index (χ3v) is 4.86. The Morgan fingerprint density at radius 2 is 1.60 bits per heavy atom. The van der Waals surface area contributed by atoms with E-state index in [2.05, 4.69) is 0 Å². The first-order valence-electron chi connectivity index (χ1n) is 7.91. The van der Waals surface area contributed by atoms with E-state index in [1.165, 1.54) is 17.4 Å². The van der Waals surface area contributed by atoms with Crippen LogP contribution in [0.5, 0.6) is 0 Å². The van der Waals surface area contributed by atoms with Crippen LogP contribution in [0.1, 0.15) is 34.6 Å². The van der Waals surface area contributed by atoms with Crippen LogP contribution in [0.2, 0.25) is 0 Å². The molecule has 0 unspecified atom stereocenters. The molecule has 3 aromatic rings. The van der Waals surface area contributed by atoms with Crippen LogP contribution in [-0.4, -0.2) is 25.2 Å². The van der Waals surface area contributed by atoms with Crippen molar-refractivity contribution in [3.63, 3.8) is 0 Å². The van der Waals surface area contributed by atoms with Gasteiger partial charge in [-0.05, 0) is 38.1 Å². The number of carbonyl (C=O) groups excluding carboxylic acids is 2. The molecule has 6 heteroatoms. The van der Waals surface area contributed by atoms with Gasteiger partial charge in [0.15, 0.2) is 5.43 Å².